The molecule has 1 atom stereocenters. The maximum atomic E-state index is 11.7. The van der Waals surface area contributed by atoms with Crippen molar-refractivity contribution in [2.45, 2.75) is 32.2 Å². The van der Waals surface area contributed by atoms with Crippen molar-refractivity contribution in [2.75, 3.05) is 6.61 Å². The van der Waals surface area contributed by atoms with Gasteiger partial charge in [-0.25, -0.2) is 0 Å². The molecule has 6 nitrogen and oxygen atoms in total. The summed E-state index contributed by atoms with van der Waals surface area (Å²) >= 11 is 0. The number of hydrogen-bond donors (Lipinski definition) is 0. The van der Waals surface area contributed by atoms with E-state index in [0.717, 1.165) is 5.56 Å². The molecule has 0 aromatic heterocycles. The Kier molecular flexibility index (Phi) is 3.64. The zero-order chi connectivity index (χ0) is 14.0. The van der Waals surface area contributed by atoms with Crippen LogP contribution in [0.15, 0.2) is 24.3 Å². The van der Waals surface area contributed by atoms with E-state index in [1.807, 2.05) is 0 Å². The number of carbonyl (C=O) groups is 1. The van der Waals surface area contributed by atoms with E-state index in [2.05, 4.69) is 0 Å². The van der Waals surface area contributed by atoms with Crippen molar-refractivity contribution in [1.82, 2.24) is 0 Å². The fourth-order valence-electron chi connectivity index (χ4n) is 1.90. The second kappa shape index (κ2) is 5.07. The molecule has 1 unspecified atom stereocenters. The molecule has 0 amide bonds. The van der Waals surface area contributed by atoms with Gasteiger partial charge in [0.2, 0.25) is 0 Å². The van der Waals surface area contributed by atoms with E-state index in [0.29, 0.717) is 6.42 Å². The van der Waals surface area contributed by atoms with Crippen LogP contribution < -0.4 is 0 Å². The Balaban J connectivity index is 2.07. The van der Waals surface area contributed by atoms with Crippen LogP contribution in [0.2, 0.25) is 0 Å². The topological polar surface area (TPSA) is 78.7 Å². The quantitative estimate of drug-likeness (QED) is 0.615. The number of carbonyl (C=O) groups excluding carboxylic acids is 1. The van der Waals surface area contributed by atoms with Gasteiger partial charge in [0.1, 0.15) is 12.7 Å². The molecule has 1 aliphatic rings. The Morgan fingerprint density at radius 3 is 2.58 bits per heavy atom. The summed E-state index contributed by atoms with van der Waals surface area (Å²) in [6, 6.07) is 6.11. The fraction of sp³-hybridized carbons (Fsp3) is 0.462. The lowest BCUT2D eigenvalue weighted by Crippen LogP contribution is -2.46. The molecule has 19 heavy (non-hydrogen) atoms. The normalized spacial score (nSPS) is 22.2. The minimum atomic E-state index is -0.778. The van der Waals surface area contributed by atoms with Crippen LogP contribution in [0.4, 0.5) is 5.69 Å². The average Bonchev–Trinajstić information content (AvgIpc) is 2.34. The van der Waals surface area contributed by atoms with Crippen LogP contribution >= 0.6 is 0 Å². The van der Waals surface area contributed by atoms with Crippen LogP contribution in [0.3, 0.4) is 0 Å². The lowest BCUT2D eigenvalue weighted by atomic mass is 10.0. The highest BCUT2D eigenvalue weighted by Crippen LogP contribution is 2.23. The number of ketones is 1. The second-order valence-corrected chi connectivity index (χ2v) is 4.89. The smallest absolute Gasteiger partial charge is 0.269 e. The summed E-state index contributed by atoms with van der Waals surface area (Å²) in [5.41, 5.74) is 0.852. The Bertz CT molecular complexity index is 494. The SMILES string of the molecule is CC1(C)OCC(=O)C(Cc2ccc([N+](=O)[O-])cc2)O1. The molecule has 0 bridgehead atoms. The number of rotatable bonds is 3. The minimum Gasteiger partial charge on any atom is -0.343 e. The van der Waals surface area contributed by atoms with Crippen molar-refractivity contribution in [3.05, 3.63) is 39.9 Å². The molecule has 0 N–H and O–H groups in total. The van der Waals surface area contributed by atoms with Gasteiger partial charge in [-0.05, 0) is 19.4 Å². The second-order valence-electron chi connectivity index (χ2n) is 4.89. The molecule has 2 rings (SSSR count). The molecule has 6 heteroatoms. The van der Waals surface area contributed by atoms with Crippen LogP contribution in [0.1, 0.15) is 19.4 Å². The van der Waals surface area contributed by atoms with Gasteiger partial charge in [-0.15, -0.1) is 0 Å². The number of nitrogens with zero attached hydrogens (tertiary/aromatic N) is 1. The van der Waals surface area contributed by atoms with Crippen molar-refractivity contribution < 1.29 is 19.2 Å². The fourth-order valence-corrected chi connectivity index (χ4v) is 1.90. The van der Waals surface area contributed by atoms with Gasteiger partial charge >= 0.3 is 0 Å². The van der Waals surface area contributed by atoms with E-state index in [1.54, 1.807) is 26.0 Å². The number of non-ortho nitro benzene ring substituents is 1. The van der Waals surface area contributed by atoms with Gasteiger partial charge < -0.3 is 9.47 Å². The van der Waals surface area contributed by atoms with E-state index < -0.39 is 16.8 Å². The van der Waals surface area contributed by atoms with Gasteiger partial charge in [-0.1, -0.05) is 12.1 Å². The van der Waals surface area contributed by atoms with E-state index in [1.165, 1.54) is 12.1 Å². The average molecular weight is 265 g/mol. The molecule has 0 saturated carbocycles. The van der Waals surface area contributed by atoms with Gasteiger partial charge in [0.15, 0.2) is 11.6 Å². The van der Waals surface area contributed by atoms with E-state index in [-0.39, 0.29) is 18.1 Å². The summed E-state index contributed by atoms with van der Waals surface area (Å²) in [5, 5.41) is 10.5. The first-order chi connectivity index (χ1) is 8.87. The number of hydrogen-bond acceptors (Lipinski definition) is 5. The third-order valence-electron chi connectivity index (χ3n) is 2.92. The van der Waals surface area contributed by atoms with Crippen LogP contribution in [-0.4, -0.2) is 29.2 Å². The highest BCUT2D eigenvalue weighted by molar-refractivity contribution is 5.85. The number of nitro groups is 1. The van der Waals surface area contributed by atoms with Crippen LogP contribution in [0.25, 0.3) is 0 Å². The predicted octanol–water partition coefficient (Wildman–Crippen LogP) is 1.86. The van der Waals surface area contributed by atoms with E-state index in [9.17, 15) is 14.9 Å². The van der Waals surface area contributed by atoms with Crippen molar-refractivity contribution in [2.24, 2.45) is 0 Å². The van der Waals surface area contributed by atoms with Crippen molar-refractivity contribution in [3.63, 3.8) is 0 Å². The Hall–Kier alpha value is -1.79. The Morgan fingerprint density at radius 1 is 1.37 bits per heavy atom. The molecule has 1 saturated heterocycles. The van der Waals surface area contributed by atoms with Crippen molar-refractivity contribution >= 4 is 11.5 Å². The summed E-state index contributed by atoms with van der Waals surface area (Å²) in [7, 11) is 0. The molecule has 1 fully saturated rings. The molecule has 1 aliphatic heterocycles. The van der Waals surface area contributed by atoms with Crippen molar-refractivity contribution in [3.8, 4) is 0 Å². The Labute approximate surface area is 110 Å². The Morgan fingerprint density at radius 2 is 2.00 bits per heavy atom. The largest absolute Gasteiger partial charge is 0.343 e. The standard InChI is InChI=1S/C13H15NO5/c1-13(2)18-8-11(15)12(19-13)7-9-3-5-10(6-4-9)14(16)17/h3-6,12H,7-8H2,1-2H3. The van der Waals surface area contributed by atoms with E-state index in [4.69, 9.17) is 9.47 Å². The lowest BCUT2D eigenvalue weighted by Gasteiger charge is -2.35. The van der Waals surface area contributed by atoms with Gasteiger partial charge in [-0.3, -0.25) is 14.9 Å². The highest BCUT2D eigenvalue weighted by Gasteiger charge is 2.35. The maximum Gasteiger partial charge on any atom is 0.269 e. The molecule has 0 aliphatic carbocycles. The van der Waals surface area contributed by atoms with Crippen molar-refractivity contribution in [1.29, 1.82) is 0 Å². The minimum absolute atomic E-state index is 0.0308. The van der Waals surface area contributed by atoms with Gasteiger partial charge in [0, 0.05) is 18.6 Å². The molecule has 0 spiro atoms. The third-order valence-corrected chi connectivity index (χ3v) is 2.92. The number of benzene rings is 1. The molecular weight excluding hydrogens is 250 g/mol. The van der Waals surface area contributed by atoms with Gasteiger partial charge in [0.25, 0.3) is 5.69 Å². The molecule has 1 aromatic carbocycles. The van der Waals surface area contributed by atoms with Gasteiger partial charge in [-0.2, -0.15) is 0 Å². The molecule has 0 radical (unpaired) electrons. The predicted molar refractivity (Wildman–Crippen MR) is 66.7 cm³/mol. The van der Waals surface area contributed by atoms with Crippen LogP contribution in [-0.2, 0) is 20.7 Å². The first-order valence-electron chi connectivity index (χ1n) is 5.95. The first-order valence-corrected chi connectivity index (χ1v) is 5.95. The monoisotopic (exact) mass is 265 g/mol. The summed E-state index contributed by atoms with van der Waals surface area (Å²) < 4.78 is 10.8. The summed E-state index contributed by atoms with van der Waals surface area (Å²) in [6.07, 6.45) is -0.172. The zero-order valence-corrected chi connectivity index (χ0v) is 10.8. The van der Waals surface area contributed by atoms with E-state index >= 15 is 0 Å². The molecule has 1 aromatic rings. The molecule has 102 valence electrons. The van der Waals surface area contributed by atoms with Gasteiger partial charge in [0.05, 0.1) is 4.92 Å². The zero-order valence-electron chi connectivity index (χ0n) is 10.8. The molecule has 1 heterocycles. The number of ether oxygens (including phenoxy) is 2. The van der Waals surface area contributed by atoms with Crippen LogP contribution in [0.5, 0.6) is 0 Å². The summed E-state index contributed by atoms with van der Waals surface area (Å²) in [6.45, 7) is 3.54. The van der Waals surface area contributed by atoms with Crippen LogP contribution in [0, 0.1) is 10.1 Å². The number of Topliss-reactive ketones (excluding diaryl/α,β-unsaturated/α-hetero) is 1. The first kappa shape index (κ1) is 13.6. The summed E-state index contributed by atoms with van der Waals surface area (Å²) in [5.74, 6) is -0.892. The maximum absolute atomic E-state index is 11.7. The summed E-state index contributed by atoms with van der Waals surface area (Å²) in [4.78, 5) is 21.8. The lowest BCUT2D eigenvalue weighted by molar-refractivity contribution is -0.384. The molecular formula is C13H15NO5. The highest BCUT2D eigenvalue weighted by atomic mass is 16.7. The number of nitro benzene ring substituents is 1. The third kappa shape index (κ3) is 3.36.